The van der Waals surface area contributed by atoms with Crippen molar-refractivity contribution in [2.24, 2.45) is 0 Å². The Hall–Kier alpha value is -4.08. The van der Waals surface area contributed by atoms with Gasteiger partial charge >= 0.3 is 0 Å². The first-order valence-corrected chi connectivity index (χ1v) is 12.5. The van der Waals surface area contributed by atoms with Crippen LogP contribution in [0, 0.1) is 5.82 Å². The molecule has 5 aromatic rings. The lowest BCUT2D eigenvalue weighted by Gasteiger charge is -2.13. The third kappa shape index (κ3) is 4.71. The third-order valence-electron chi connectivity index (χ3n) is 6.67. The fourth-order valence-electron chi connectivity index (χ4n) is 4.78. The van der Waals surface area contributed by atoms with Gasteiger partial charge in [0.25, 0.3) is 0 Å². The maximum absolute atomic E-state index is 14.6. The highest BCUT2D eigenvalue weighted by Crippen LogP contribution is 2.33. The third-order valence-corrected chi connectivity index (χ3v) is 6.67. The molecule has 1 aliphatic heterocycles. The largest absolute Gasteiger partial charge is 0.384 e. The summed E-state index contributed by atoms with van der Waals surface area (Å²) in [6.07, 6.45) is 4.96. The monoisotopic (exact) mass is 496 g/mol. The molecule has 2 aromatic carbocycles. The fourth-order valence-corrected chi connectivity index (χ4v) is 4.78. The molecule has 6 rings (SSSR count). The van der Waals surface area contributed by atoms with E-state index in [4.69, 9.17) is 4.98 Å². The van der Waals surface area contributed by atoms with E-state index in [1.54, 1.807) is 6.07 Å². The highest BCUT2D eigenvalue weighted by molar-refractivity contribution is 5.97. The first-order valence-electron chi connectivity index (χ1n) is 12.5. The zero-order valence-electron chi connectivity index (χ0n) is 20.9. The molecule has 1 aliphatic rings. The van der Waals surface area contributed by atoms with Crippen LogP contribution in [-0.2, 0) is 0 Å². The Morgan fingerprint density at radius 3 is 2.86 bits per heavy atom. The fraction of sp³-hybridized carbons (Fsp3) is 0.250. The zero-order chi connectivity index (χ0) is 25.4. The van der Waals surface area contributed by atoms with Gasteiger partial charge in [0.05, 0.1) is 28.4 Å². The van der Waals surface area contributed by atoms with Crippen molar-refractivity contribution in [1.82, 2.24) is 35.4 Å². The molecule has 0 bridgehead atoms. The number of nitrogens with one attached hydrogen (secondary N) is 4. The van der Waals surface area contributed by atoms with Gasteiger partial charge in [-0.1, -0.05) is 18.2 Å². The standard InChI is InChI=1S/C28H29FN8/c1-37(2)11-10-31-20-13-18(12-19(29)14-20)21-4-3-5-23-26(21)34-28(33-23)27-22-15-24(17-6-8-30-9-7-17)32-16-25(22)35-36-27/h3-6,12-16,30-31H,7-11H2,1-2H3,(H,33,34)(H,35,36). The summed E-state index contributed by atoms with van der Waals surface area (Å²) in [6, 6.07) is 13.0. The highest BCUT2D eigenvalue weighted by atomic mass is 19.1. The molecule has 9 heteroatoms. The Bertz CT molecular complexity index is 1610. The van der Waals surface area contributed by atoms with Gasteiger partial charge in [-0.3, -0.25) is 10.1 Å². The molecular formula is C28H29FN8. The van der Waals surface area contributed by atoms with Gasteiger partial charge in [0.15, 0.2) is 5.82 Å². The van der Waals surface area contributed by atoms with E-state index in [0.29, 0.717) is 5.82 Å². The number of likely N-dealkylation sites (N-methyl/N-ethyl adjacent to an activating group) is 1. The SMILES string of the molecule is CN(C)CCNc1cc(F)cc(-c2cccc3[nH]c(-c4n[nH]c5cnc(C6=CCNCC6)cc45)nc23)c1. The van der Waals surface area contributed by atoms with Crippen LogP contribution < -0.4 is 10.6 Å². The molecule has 4 N–H and O–H groups in total. The number of aromatic nitrogens is 5. The van der Waals surface area contributed by atoms with E-state index in [1.807, 2.05) is 44.6 Å². The lowest BCUT2D eigenvalue weighted by atomic mass is 10.0. The normalized spacial score (nSPS) is 14.0. The van der Waals surface area contributed by atoms with Crippen LogP contribution in [0.4, 0.5) is 10.1 Å². The first-order chi connectivity index (χ1) is 18.0. The van der Waals surface area contributed by atoms with Gasteiger partial charge < -0.3 is 20.5 Å². The molecule has 0 fully saturated rings. The van der Waals surface area contributed by atoms with E-state index < -0.39 is 0 Å². The molecule has 0 unspecified atom stereocenters. The molecule has 0 spiro atoms. The Kier molecular flexibility index (Phi) is 6.15. The number of halogens is 1. The van der Waals surface area contributed by atoms with E-state index in [-0.39, 0.29) is 5.82 Å². The van der Waals surface area contributed by atoms with Crippen molar-refractivity contribution in [2.75, 3.05) is 45.6 Å². The zero-order valence-corrected chi connectivity index (χ0v) is 20.9. The van der Waals surface area contributed by atoms with Gasteiger partial charge in [0.2, 0.25) is 0 Å². The molecule has 0 atom stereocenters. The maximum Gasteiger partial charge on any atom is 0.159 e. The topological polar surface area (TPSA) is 97.5 Å². The number of hydrogen-bond acceptors (Lipinski definition) is 6. The number of rotatable bonds is 7. The Morgan fingerprint density at radius 2 is 2.03 bits per heavy atom. The van der Waals surface area contributed by atoms with Gasteiger partial charge in [-0.05, 0) is 68.5 Å². The molecule has 4 heterocycles. The van der Waals surface area contributed by atoms with Crippen LogP contribution in [0.2, 0.25) is 0 Å². The first kappa shape index (κ1) is 23.3. The van der Waals surface area contributed by atoms with Crippen LogP contribution in [0.5, 0.6) is 0 Å². The minimum Gasteiger partial charge on any atom is -0.384 e. The van der Waals surface area contributed by atoms with Crippen molar-refractivity contribution >= 4 is 33.2 Å². The van der Waals surface area contributed by atoms with E-state index in [2.05, 4.69) is 47.8 Å². The quantitative estimate of drug-likeness (QED) is 0.262. The smallest absolute Gasteiger partial charge is 0.159 e. The van der Waals surface area contributed by atoms with Crippen LogP contribution in [0.3, 0.4) is 0 Å². The van der Waals surface area contributed by atoms with Gasteiger partial charge in [-0.15, -0.1) is 0 Å². The predicted molar refractivity (Wildman–Crippen MR) is 147 cm³/mol. The van der Waals surface area contributed by atoms with E-state index in [0.717, 1.165) is 82.7 Å². The summed E-state index contributed by atoms with van der Waals surface area (Å²) in [5.74, 6) is 0.369. The molecule has 0 aliphatic carbocycles. The van der Waals surface area contributed by atoms with Crippen molar-refractivity contribution in [3.8, 4) is 22.6 Å². The lowest BCUT2D eigenvalue weighted by molar-refractivity contribution is 0.425. The number of para-hydroxylation sites is 1. The molecular weight excluding hydrogens is 467 g/mol. The van der Waals surface area contributed by atoms with Gasteiger partial charge in [-0.25, -0.2) is 9.37 Å². The Labute approximate surface area is 214 Å². The summed E-state index contributed by atoms with van der Waals surface area (Å²) in [7, 11) is 4.03. The number of benzene rings is 2. The van der Waals surface area contributed by atoms with E-state index >= 15 is 0 Å². The van der Waals surface area contributed by atoms with Crippen LogP contribution in [0.1, 0.15) is 12.1 Å². The maximum atomic E-state index is 14.6. The lowest BCUT2D eigenvalue weighted by Crippen LogP contribution is -2.20. The minimum atomic E-state index is -0.289. The number of aromatic amines is 2. The number of anilines is 1. The Balaban J connectivity index is 1.39. The number of pyridine rings is 1. The molecule has 0 amide bonds. The van der Waals surface area contributed by atoms with Crippen molar-refractivity contribution in [3.63, 3.8) is 0 Å². The van der Waals surface area contributed by atoms with Crippen molar-refractivity contribution in [1.29, 1.82) is 0 Å². The molecule has 0 saturated heterocycles. The van der Waals surface area contributed by atoms with E-state index in [9.17, 15) is 4.39 Å². The summed E-state index contributed by atoms with van der Waals surface area (Å²) >= 11 is 0. The number of imidazole rings is 1. The number of hydrogen-bond donors (Lipinski definition) is 4. The molecule has 37 heavy (non-hydrogen) atoms. The van der Waals surface area contributed by atoms with Gasteiger partial charge in [0.1, 0.15) is 11.5 Å². The average Bonchev–Trinajstić information content (AvgIpc) is 3.52. The summed E-state index contributed by atoms with van der Waals surface area (Å²) in [4.78, 5) is 15.1. The molecule has 8 nitrogen and oxygen atoms in total. The number of nitrogens with zero attached hydrogens (tertiary/aromatic N) is 4. The highest BCUT2D eigenvalue weighted by Gasteiger charge is 2.17. The second-order valence-corrected chi connectivity index (χ2v) is 9.62. The number of H-pyrrole nitrogens is 2. The second-order valence-electron chi connectivity index (χ2n) is 9.62. The second kappa shape index (κ2) is 9.76. The number of fused-ring (bicyclic) bond motifs is 2. The summed E-state index contributed by atoms with van der Waals surface area (Å²) in [5, 5.41) is 15.3. The predicted octanol–water partition coefficient (Wildman–Crippen LogP) is 4.66. The van der Waals surface area contributed by atoms with E-state index in [1.165, 1.54) is 11.6 Å². The van der Waals surface area contributed by atoms with Crippen LogP contribution in [0.25, 0.3) is 50.2 Å². The molecule has 188 valence electrons. The van der Waals surface area contributed by atoms with Crippen LogP contribution in [-0.4, -0.2) is 70.3 Å². The molecule has 3 aromatic heterocycles. The van der Waals surface area contributed by atoms with Gasteiger partial charge in [0, 0.05) is 36.3 Å². The summed E-state index contributed by atoms with van der Waals surface area (Å²) < 4.78 is 14.6. The minimum absolute atomic E-state index is 0.289. The van der Waals surface area contributed by atoms with Crippen LogP contribution >= 0.6 is 0 Å². The van der Waals surface area contributed by atoms with Crippen molar-refractivity contribution in [3.05, 3.63) is 66.2 Å². The van der Waals surface area contributed by atoms with Gasteiger partial charge in [-0.2, -0.15) is 5.10 Å². The summed E-state index contributed by atoms with van der Waals surface area (Å²) in [6.45, 7) is 3.38. The average molecular weight is 497 g/mol. The van der Waals surface area contributed by atoms with Crippen LogP contribution in [0.15, 0.2) is 54.7 Å². The van der Waals surface area contributed by atoms with Crippen molar-refractivity contribution in [2.45, 2.75) is 6.42 Å². The summed E-state index contributed by atoms with van der Waals surface area (Å²) in [5.41, 5.74) is 7.80. The Morgan fingerprint density at radius 1 is 1.11 bits per heavy atom. The molecule has 0 radical (unpaired) electrons. The van der Waals surface area contributed by atoms with Crippen molar-refractivity contribution < 1.29 is 4.39 Å². The molecule has 0 saturated carbocycles.